The van der Waals surface area contributed by atoms with E-state index in [2.05, 4.69) is 4.98 Å². The molecule has 5 nitrogen and oxygen atoms in total. The van der Waals surface area contributed by atoms with Gasteiger partial charge in [0.05, 0.1) is 0 Å². The van der Waals surface area contributed by atoms with E-state index in [-0.39, 0.29) is 11.6 Å². The number of carbonyl (C=O) groups excluding carboxylic acids is 2. The summed E-state index contributed by atoms with van der Waals surface area (Å²) in [6, 6.07) is 9.58. The van der Waals surface area contributed by atoms with Gasteiger partial charge in [0, 0.05) is 25.0 Å². The highest BCUT2D eigenvalue weighted by atomic mass is 32.1. The lowest BCUT2D eigenvalue weighted by molar-refractivity contribution is -0.137. The SMILES string of the molecule is C[C@@H](OC(=O)c1csc(-c2ccccc2)n1)C(=O)N(C)C. The third-order valence-electron chi connectivity index (χ3n) is 2.81. The molecular weight excluding hydrogens is 288 g/mol. The summed E-state index contributed by atoms with van der Waals surface area (Å²) in [6.45, 7) is 1.55. The van der Waals surface area contributed by atoms with Crippen molar-refractivity contribution in [3.05, 3.63) is 41.4 Å². The molecule has 21 heavy (non-hydrogen) atoms. The number of aromatic nitrogens is 1. The Hall–Kier alpha value is -2.21. The summed E-state index contributed by atoms with van der Waals surface area (Å²) < 4.78 is 5.12. The van der Waals surface area contributed by atoms with Crippen LogP contribution in [0.25, 0.3) is 10.6 Å². The van der Waals surface area contributed by atoms with Crippen molar-refractivity contribution in [1.29, 1.82) is 0 Å². The Labute approximate surface area is 127 Å². The average Bonchev–Trinajstić information content (AvgIpc) is 2.97. The first-order valence-corrected chi connectivity index (χ1v) is 7.30. The summed E-state index contributed by atoms with van der Waals surface area (Å²) in [6.07, 6.45) is -0.825. The molecule has 0 saturated carbocycles. The molecule has 2 aromatic rings. The Morgan fingerprint density at radius 3 is 2.52 bits per heavy atom. The van der Waals surface area contributed by atoms with Crippen molar-refractivity contribution in [1.82, 2.24) is 9.88 Å². The molecule has 6 heteroatoms. The second-order valence-electron chi connectivity index (χ2n) is 4.68. The number of amides is 1. The standard InChI is InChI=1S/C15H16N2O3S/c1-10(14(18)17(2)3)20-15(19)12-9-21-13(16-12)11-7-5-4-6-8-11/h4-10H,1-3H3/t10-/m1/s1. The number of carbonyl (C=O) groups is 2. The number of ether oxygens (including phenoxy) is 1. The predicted molar refractivity (Wildman–Crippen MR) is 81.1 cm³/mol. The Balaban J connectivity index is 2.08. The minimum Gasteiger partial charge on any atom is -0.448 e. The fraction of sp³-hybridized carbons (Fsp3) is 0.267. The zero-order chi connectivity index (χ0) is 15.4. The third kappa shape index (κ3) is 3.66. The Kier molecular flexibility index (Phi) is 4.70. The maximum Gasteiger partial charge on any atom is 0.358 e. The molecule has 1 atom stereocenters. The molecule has 1 heterocycles. The van der Waals surface area contributed by atoms with Crippen LogP contribution in [0.2, 0.25) is 0 Å². The Morgan fingerprint density at radius 1 is 1.24 bits per heavy atom. The lowest BCUT2D eigenvalue weighted by Crippen LogP contribution is -2.34. The fourth-order valence-corrected chi connectivity index (χ4v) is 2.51. The van der Waals surface area contributed by atoms with Crippen molar-refractivity contribution in [2.45, 2.75) is 13.0 Å². The maximum atomic E-state index is 12.0. The second-order valence-corrected chi connectivity index (χ2v) is 5.54. The lowest BCUT2D eigenvalue weighted by Gasteiger charge is -2.16. The summed E-state index contributed by atoms with van der Waals surface area (Å²) >= 11 is 1.37. The van der Waals surface area contributed by atoms with Crippen LogP contribution in [0.5, 0.6) is 0 Å². The molecule has 0 radical (unpaired) electrons. The summed E-state index contributed by atoms with van der Waals surface area (Å²) in [5.74, 6) is -0.849. The molecule has 2 rings (SSSR count). The monoisotopic (exact) mass is 304 g/mol. The lowest BCUT2D eigenvalue weighted by atomic mass is 10.2. The van der Waals surface area contributed by atoms with Crippen LogP contribution in [-0.2, 0) is 9.53 Å². The highest BCUT2D eigenvalue weighted by Gasteiger charge is 2.22. The van der Waals surface area contributed by atoms with Crippen LogP contribution in [-0.4, -0.2) is 42.0 Å². The van der Waals surface area contributed by atoms with Gasteiger partial charge in [0.1, 0.15) is 5.01 Å². The van der Waals surface area contributed by atoms with Gasteiger partial charge in [-0.2, -0.15) is 0 Å². The van der Waals surface area contributed by atoms with Gasteiger partial charge < -0.3 is 9.64 Å². The van der Waals surface area contributed by atoms with Gasteiger partial charge in [-0.15, -0.1) is 11.3 Å². The quantitative estimate of drug-likeness (QED) is 0.814. The number of esters is 1. The molecule has 0 aliphatic rings. The zero-order valence-corrected chi connectivity index (χ0v) is 12.9. The first-order chi connectivity index (χ1) is 9.99. The number of nitrogens with zero attached hydrogens (tertiary/aromatic N) is 2. The summed E-state index contributed by atoms with van der Waals surface area (Å²) in [4.78, 5) is 29.3. The fourth-order valence-electron chi connectivity index (χ4n) is 1.72. The van der Waals surface area contributed by atoms with Crippen LogP contribution in [0.3, 0.4) is 0 Å². The van der Waals surface area contributed by atoms with E-state index in [1.54, 1.807) is 26.4 Å². The molecule has 0 bridgehead atoms. The molecular formula is C15H16N2O3S. The van der Waals surface area contributed by atoms with E-state index in [1.165, 1.54) is 16.2 Å². The molecule has 0 aliphatic carbocycles. The van der Waals surface area contributed by atoms with Gasteiger partial charge in [0.15, 0.2) is 11.8 Å². The van der Waals surface area contributed by atoms with Gasteiger partial charge >= 0.3 is 5.97 Å². The van der Waals surface area contributed by atoms with Crippen LogP contribution >= 0.6 is 11.3 Å². The van der Waals surface area contributed by atoms with Gasteiger partial charge in [0.2, 0.25) is 0 Å². The van der Waals surface area contributed by atoms with E-state index in [1.807, 2.05) is 30.3 Å². The maximum absolute atomic E-state index is 12.0. The van der Waals surface area contributed by atoms with Crippen LogP contribution in [0.4, 0.5) is 0 Å². The molecule has 0 spiro atoms. The van der Waals surface area contributed by atoms with E-state index in [9.17, 15) is 9.59 Å². The Morgan fingerprint density at radius 2 is 1.90 bits per heavy atom. The van der Waals surface area contributed by atoms with E-state index < -0.39 is 12.1 Å². The Bertz CT molecular complexity index is 637. The van der Waals surface area contributed by atoms with E-state index >= 15 is 0 Å². The van der Waals surface area contributed by atoms with Gasteiger partial charge in [-0.1, -0.05) is 30.3 Å². The van der Waals surface area contributed by atoms with E-state index in [4.69, 9.17) is 4.74 Å². The van der Waals surface area contributed by atoms with Crippen LogP contribution in [0.1, 0.15) is 17.4 Å². The summed E-state index contributed by atoms with van der Waals surface area (Å²) in [5.41, 5.74) is 1.16. The van der Waals surface area contributed by atoms with Gasteiger partial charge in [-0.25, -0.2) is 9.78 Å². The number of likely N-dealkylation sites (N-methyl/N-ethyl adjacent to an activating group) is 1. The first-order valence-electron chi connectivity index (χ1n) is 6.42. The first kappa shape index (κ1) is 15.2. The molecule has 110 valence electrons. The smallest absolute Gasteiger partial charge is 0.358 e. The number of thiazole rings is 1. The zero-order valence-electron chi connectivity index (χ0n) is 12.1. The van der Waals surface area contributed by atoms with Crippen molar-refractivity contribution in [2.24, 2.45) is 0 Å². The molecule has 0 aliphatic heterocycles. The van der Waals surface area contributed by atoms with Crippen molar-refractivity contribution in [2.75, 3.05) is 14.1 Å². The van der Waals surface area contributed by atoms with Crippen molar-refractivity contribution >= 4 is 23.2 Å². The third-order valence-corrected chi connectivity index (χ3v) is 3.70. The van der Waals surface area contributed by atoms with E-state index in [0.29, 0.717) is 0 Å². The highest BCUT2D eigenvalue weighted by molar-refractivity contribution is 7.13. The predicted octanol–water partition coefficient (Wildman–Crippen LogP) is 2.44. The molecule has 0 saturated heterocycles. The van der Waals surface area contributed by atoms with Crippen LogP contribution in [0, 0.1) is 0 Å². The average molecular weight is 304 g/mol. The van der Waals surface area contributed by atoms with Crippen molar-refractivity contribution < 1.29 is 14.3 Å². The van der Waals surface area contributed by atoms with Crippen molar-refractivity contribution in [3.63, 3.8) is 0 Å². The number of rotatable bonds is 4. The van der Waals surface area contributed by atoms with Gasteiger partial charge in [-0.3, -0.25) is 4.79 Å². The topological polar surface area (TPSA) is 59.5 Å². The summed E-state index contributed by atoms with van der Waals surface area (Å²) in [5, 5.41) is 2.38. The molecule has 0 fully saturated rings. The minimum atomic E-state index is -0.825. The van der Waals surface area contributed by atoms with Gasteiger partial charge in [-0.05, 0) is 6.92 Å². The van der Waals surface area contributed by atoms with Crippen LogP contribution < -0.4 is 0 Å². The minimum absolute atomic E-state index is 0.220. The largest absolute Gasteiger partial charge is 0.448 e. The number of hydrogen-bond donors (Lipinski definition) is 0. The molecule has 1 aromatic carbocycles. The van der Waals surface area contributed by atoms with E-state index in [0.717, 1.165) is 10.6 Å². The molecule has 1 amide bonds. The summed E-state index contributed by atoms with van der Waals surface area (Å²) in [7, 11) is 3.23. The number of hydrogen-bond acceptors (Lipinski definition) is 5. The van der Waals surface area contributed by atoms with Crippen molar-refractivity contribution in [3.8, 4) is 10.6 Å². The van der Waals surface area contributed by atoms with Gasteiger partial charge in [0.25, 0.3) is 5.91 Å². The molecule has 0 N–H and O–H groups in total. The number of benzene rings is 1. The van der Waals surface area contributed by atoms with Crippen LogP contribution in [0.15, 0.2) is 35.7 Å². The second kappa shape index (κ2) is 6.49. The highest BCUT2D eigenvalue weighted by Crippen LogP contribution is 2.23. The molecule has 1 aromatic heterocycles. The molecule has 0 unspecified atom stereocenters. The normalized spacial score (nSPS) is 11.8.